The van der Waals surface area contributed by atoms with E-state index in [1.165, 1.54) is 6.07 Å². The standard InChI is InChI=1S/C14H16Br2FNO/c15-7-1-3-11-4-2-8-18(11)14(19)10-5-6-13(17)12(16)9-10/h5-6,9,11H,1-4,7-8H2. The third-order valence-electron chi connectivity index (χ3n) is 3.48. The number of nitrogens with zero attached hydrogens (tertiary/aromatic N) is 1. The molecule has 0 saturated carbocycles. The van der Waals surface area contributed by atoms with Gasteiger partial charge in [0.1, 0.15) is 5.82 Å². The van der Waals surface area contributed by atoms with E-state index in [0.29, 0.717) is 16.1 Å². The Morgan fingerprint density at radius 3 is 2.95 bits per heavy atom. The first-order valence-electron chi connectivity index (χ1n) is 6.45. The van der Waals surface area contributed by atoms with E-state index in [2.05, 4.69) is 31.9 Å². The maximum Gasteiger partial charge on any atom is 0.254 e. The van der Waals surface area contributed by atoms with Crippen LogP contribution in [0.2, 0.25) is 0 Å². The highest BCUT2D eigenvalue weighted by atomic mass is 79.9. The van der Waals surface area contributed by atoms with Gasteiger partial charge >= 0.3 is 0 Å². The summed E-state index contributed by atoms with van der Waals surface area (Å²) < 4.78 is 13.5. The van der Waals surface area contributed by atoms with E-state index in [-0.39, 0.29) is 11.7 Å². The third-order valence-corrected chi connectivity index (χ3v) is 4.64. The lowest BCUT2D eigenvalue weighted by molar-refractivity contribution is 0.0730. The van der Waals surface area contributed by atoms with E-state index in [1.807, 2.05) is 4.90 Å². The van der Waals surface area contributed by atoms with Crippen LogP contribution in [0, 0.1) is 5.82 Å². The van der Waals surface area contributed by atoms with Crippen molar-refractivity contribution in [3.63, 3.8) is 0 Å². The lowest BCUT2D eigenvalue weighted by Crippen LogP contribution is -2.35. The van der Waals surface area contributed by atoms with Gasteiger partial charge in [-0.05, 0) is 59.8 Å². The summed E-state index contributed by atoms with van der Waals surface area (Å²) in [5, 5.41) is 0.966. The number of hydrogen-bond donors (Lipinski definition) is 0. The number of hydrogen-bond acceptors (Lipinski definition) is 1. The summed E-state index contributed by atoms with van der Waals surface area (Å²) in [6.07, 6.45) is 4.23. The van der Waals surface area contributed by atoms with Crippen LogP contribution in [0.3, 0.4) is 0 Å². The number of amides is 1. The van der Waals surface area contributed by atoms with E-state index >= 15 is 0 Å². The maximum absolute atomic E-state index is 13.2. The Morgan fingerprint density at radius 1 is 1.47 bits per heavy atom. The van der Waals surface area contributed by atoms with Gasteiger partial charge in [0.15, 0.2) is 0 Å². The van der Waals surface area contributed by atoms with Gasteiger partial charge in [-0.2, -0.15) is 0 Å². The molecule has 1 fully saturated rings. The average Bonchev–Trinajstić information content (AvgIpc) is 2.87. The van der Waals surface area contributed by atoms with Crippen LogP contribution in [0.1, 0.15) is 36.0 Å². The number of carbonyl (C=O) groups excluding carboxylic acids is 1. The Kier molecular flexibility index (Phi) is 5.39. The second-order valence-electron chi connectivity index (χ2n) is 4.75. The van der Waals surface area contributed by atoms with Gasteiger partial charge in [0.2, 0.25) is 0 Å². The monoisotopic (exact) mass is 391 g/mol. The molecule has 104 valence electrons. The first kappa shape index (κ1) is 15.0. The molecule has 1 atom stereocenters. The van der Waals surface area contributed by atoms with Crippen molar-refractivity contribution >= 4 is 37.8 Å². The molecule has 2 rings (SSSR count). The highest BCUT2D eigenvalue weighted by Crippen LogP contribution is 2.25. The predicted octanol–water partition coefficient (Wildman–Crippen LogP) is 4.37. The van der Waals surface area contributed by atoms with Crippen molar-refractivity contribution in [1.82, 2.24) is 4.90 Å². The van der Waals surface area contributed by atoms with Gasteiger partial charge in [-0.15, -0.1) is 0 Å². The Labute approximate surface area is 129 Å². The molecule has 19 heavy (non-hydrogen) atoms. The summed E-state index contributed by atoms with van der Waals surface area (Å²) in [4.78, 5) is 14.4. The molecule has 0 aromatic heterocycles. The number of carbonyl (C=O) groups is 1. The highest BCUT2D eigenvalue weighted by molar-refractivity contribution is 9.10. The predicted molar refractivity (Wildman–Crippen MR) is 81.2 cm³/mol. The minimum absolute atomic E-state index is 0.0118. The Balaban J connectivity index is 2.11. The average molecular weight is 393 g/mol. The molecule has 5 heteroatoms. The summed E-state index contributed by atoms with van der Waals surface area (Å²) in [5.74, 6) is -0.327. The number of rotatable bonds is 4. The quantitative estimate of drug-likeness (QED) is 0.696. The first-order valence-corrected chi connectivity index (χ1v) is 8.37. The van der Waals surface area contributed by atoms with Crippen molar-refractivity contribution in [2.24, 2.45) is 0 Å². The lowest BCUT2D eigenvalue weighted by atomic mass is 10.1. The molecule has 0 bridgehead atoms. The van der Waals surface area contributed by atoms with Crippen LogP contribution in [0.4, 0.5) is 4.39 Å². The van der Waals surface area contributed by atoms with Gasteiger partial charge in [0.05, 0.1) is 4.47 Å². The molecule has 0 aliphatic carbocycles. The van der Waals surface area contributed by atoms with Crippen molar-refractivity contribution in [3.8, 4) is 0 Å². The van der Waals surface area contributed by atoms with Crippen molar-refractivity contribution in [1.29, 1.82) is 0 Å². The first-order chi connectivity index (χ1) is 9.13. The van der Waals surface area contributed by atoms with Gasteiger partial charge < -0.3 is 4.90 Å². The zero-order chi connectivity index (χ0) is 13.8. The molecule has 1 aliphatic heterocycles. The number of halogens is 3. The molecule has 1 saturated heterocycles. The topological polar surface area (TPSA) is 20.3 Å². The van der Waals surface area contributed by atoms with Crippen LogP contribution in [-0.4, -0.2) is 28.7 Å². The smallest absolute Gasteiger partial charge is 0.254 e. The molecule has 0 radical (unpaired) electrons. The summed E-state index contributed by atoms with van der Waals surface area (Å²) in [7, 11) is 0. The van der Waals surface area contributed by atoms with Gasteiger partial charge in [-0.25, -0.2) is 4.39 Å². The fourth-order valence-electron chi connectivity index (χ4n) is 2.51. The fourth-order valence-corrected chi connectivity index (χ4v) is 3.21. The van der Waals surface area contributed by atoms with Crippen LogP contribution in [-0.2, 0) is 0 Å². The summed E-state index contributed by atoms with van der Waals surface area (Å²) in [6, 6.07) is 4.79. The van der Waals surface area contributed by atoms with E-state index in [1.54, 1.807) is 12.1 Å². The van der Waals surface area contributed by atoms with Gasteiger partial charge in [0.25, 0.3) is 5.91 Å². The second kappa shape index (κ2) is 6.84. The van der Waals surface area contributed by atoms with Crippen LogP contribution in [0.25, 0.3) is 0 Å². The van der Waals surface area contributed by atoms with E-state index in [0.717, 1.165) is 37.6 Å². The van der Waals surface area contributed by atoms with Crippen molar-refractivity contribution in [2.45, 2.75) is 31.7 Å². The molecular formula is C14H16Br2FNO. The highest BCUT2D eigenvalue weighted by Gasteiger charge is 2.29. The third kappa shape index (κ3) is 3.57. The van der Waals surface area contributed by atoms with Crippen molar-refractivity contribution in [3.05, 3.63) is 34.1 Å². The minimum atomic E-state index is -0.339. The van der Waals surface area contributed by atoms with Gasteiger partial charge in [-0.1, -0.05) is 15.9 Å². The molecular weight excluding hydrogens is 377 g/mol. The fraction of sp³-hybridized carbons (Fsp3) is 0.500. The summed E-state index contributed by atoms with van der Waals surface area (Å²) in [6.45, 7) is 0.806. The number of benzene rings is 1. The summed E-state index contributed by atoms with van der Waals surface area (Å²) in [5.41, 5.74) is 0.555. The zero-order valence-corrected chi connectivity index (χ0v) is 13.7. The Morgan fingerprint density at radius 2 is 2.26 bits per heavy atom. The van der Waals surface area contributed by atoms with E-state index in [9.17, 15) is 9.18 Å². The SMILES string of the molecule is O=C(c1ccc(F)c(Br)c1)N1CCCC1CCCBr. The number of alkyl halides is 1. The lowest BCUT2D eigenvalue weighted by Gasteiger charge is -2.24. The molecule has 1 aromatic rings. The van der Waals surface area contributed by atoms with Crippen LogP contribution in [0.15, 0.2) is 22.7 Å². The molecule has 1 aromatic carbocycles. The Bertz CT molecular complexity index is 467. The van der Waals surface area contributed by atoms with Gasteiger partial charge in [-0.3, -0.25) is 4.79 Å². The normalized spacial score (nSPS) is 18.9. The van der Waals surface area contributed by atoms with E-state index < -0.39 is 0 Å². The molecule has 1 aliphatic rings. The van der Waals surface area contributed by atoms with Crippen LogP contribution in [0.5, 0.6) is 0 Å². The zero-order valence-electron chi connectivity index (χ0n) is 10.5. The molecule has 2 nitrogen and oxygen atoms in total. The van der Waals surface area contributed by atoms with Crippen LogP contribution < -0.4 is 0 Å². The van der Waals surface area contributed by atoms with Crippen LogP contribution >= 0.6 is 31.9 Å². The van der Waals surface area contributed by atoms with E-state index in [4.69, 9.17) is 0 Å². The molecule has 0 N–H and O–H groups in total. The second-order valence-corrected chi connectivity index (χ2v) is 6.40. The molecule has 1 amide bonds. The maximum atomic E-state index is 13.2. The Hall–Kier alpha value is -0.420. The molecule has 1 heterocycles. The van der Waals surface area contributed by atoms with Crippen molar-refractivity contribution < 1.29 is 9.18 Å². The molecule has 1 unspecified atom stereocenters. The summed E-state index contributed by atoms with van der Waals surface area (Å²) >= 11 is 6.55. The minimum Gasteiger partial charge on any atom is -0.336 e. The van der Waals surface area contributed by atoms with Gasteiger partial charge in [0, 0.05) is 23.5 Å². The largest absolute Gasteiger partial charge is 0.336 e. The molecule has 0 spiro atoms. The van der Waals surface area contributed by atoms with Crippen molar-refractivity contribution in [2.75, 3.05) is 11.9 Å². The number of likely N-dealkylation sites (tertiary alicyclic amines) is 1.